The molecule has 2 rings (SSSR count). The highest BCUT2D eigenvalue weighted by Crippen LogP contribution is 2.14. The third-order valence-electron chi connectivity index (χ3n) is 3.51. The molecule has 7 nitrogen and oxygen atoms in total. The molecule has 3 amide bonds. The molecule has 0 saturated heterocycles. The van der Waals surface area contributed by atoms with Crippen LogP contribution in [0, 0.1) is 11.3 Å². The third kappa shape index (κ3) is 6.13. The van der Waals surface area contributed by atoms with Gasteiger partial charge in [0, 0.05) is 29.0 Å². The van der Waals surface area contributed by atoms with Crippen LogP contribution >= 0.6 is 11.6 Å². The lowest BCUT2D eigenvalue weighted by atomic mass is 10.2. The van der Waals surface area contributed by atoms with E-state index in [4.69, 9.17) is 16.9 Å². The van der Waals surface area contributed by atoms with Gasteiger partial charge in [-0.15, -0.1) is 0 Å². The molecule has 2 aromatic rings. The molecule has 27 heavy (non-hydrogen) atoms. The van der Waals surface area contributed by atoms with Gasteiger partial charge in [-0.1, -0.05) is 11.6 Å². The van der Waals surface area contributed by atoms with Crippen LogP contribution in [0.2, 0.25) is 5.02 Å². The fourth-order valence-corrected chi connectivity index (χ4v) is 2.34. The van der Waals surface area contributed by atoms with Gasteiger partial charge in [0.25, 0.3) is 5.91 Å². The summed E-state index contributed by atoms with van der Waals surface area (Å²) in [5, 5.41) is 14.3. The molecule has 0 heterocycles. The first-order valence-corrected chi connectivity index (χ1v) is 8.34. The van der Waals surface area contributed by atoms with Gasteiger partial charge in [-0.2, -0.15) is 5.26 Å². The molecule has 0 atom stereocenters. The minimum atomic E-state index is -0.424. The van der Waals surface area contributed by atoms with Crippen LogP contribution in [-0.2, 0) is 9.59 Å². The van der Waals surface area contributed by atoms with Gasteiger partial charge in [-0.05, 0) is 48.5 Å². The zero-order valence-electron chi connectivity index (χ0n) is 14.5. The summed E-state index contributed by atoms with van der Waals surface area (Å²) in [5.74, 6) is -1.10. The lowest BCUT2D eigenvalue weighted by Crippen LogP contribution is -2.34. The maximum atomic E-state index is 12.4. The van der Waals surface area contributed by atoms with Gasteiger partial charge in [0.05, 0.1) is 12.6 Å². The molecule has 0 fully saturated rings. The molecule has 0 bridgehead atoms. The van der Waals surface area contributed by atoms with Crippen molar-refractivity contribution in [3.05, 3.63) is 59.1 Å². The molecule has 0 aliphatic heterocycles. The molecular weight excluding hydrogens is 368 g/mol. The topological polar surface area (TPSA) is 102 Å². The van der Waals surface area contributed by atoms with E-state index in [2.05, 4.69) is 10.6 Å². The van der Waals surface area contributed by atoms with Crippen LogP contribution in [0.3, 0.4) is 0 Å². The molecule has 0 unspecified atom stereocenters. The van der Waals surface area contributed by atoms with E-state index in [0.717, 1.165) is 0 Å². The van der Waals surface area contributed by atoms with Crippen LogP contribution in [0.25, 0.3) is 0 Å². The first-order chi connectivity index (χ1) is 12.9. The smallest absolute Gasteiger partial charge is 0.254 e. The van der Waals surface area contributed by atoms with Crippen LogP contribution in [0.1, 0.15) is 16.8 Å². The minimum absolute atomic E-state index is 0.123. The first-order valence-electron chi connectivity index (χ1n) is 7.97. The van der Waals surface area contributed by atoms with Crippen molar-refractivity contribution in [1.29, 1.82) is 5.26 Å². The predicted molar refractivity (Wildman–Crippen MR) is 102 cm³/mol. The second-order valence-corrected chi connectivity index (χ2v) is 6.11. The molecular formula is C19H17ClN4O3. The molecule has 0 saturated carbocycles. The summed E-state index contributed by atoms with van der Waals surface area (Å²) in [6, 6.07) is 14.6. The summed E-state index contributed by atoms with van der Waals surface area (Å²) < 4.78 is 0. The average molecular weight is 385 g/mol. The van der Waals surface area contributed by atoms with Crippen molar-refractivity contribution in [2.75, 3.05) is 24.2 Å². The molecule has 0 aromatic heterocycles. The number of nitrogens with one attached hydrogen (secondary N) is 2. The SMILES string of the molecule is CN(CC(=O)Nc1ccc(Cl)cc1)C(=O)c1ccc(NC(=O)CC#N)cc1. The Morgan fingerprint density at radius 2 is 1.48 bits per heavy atom. The summed E-state index contributed by atoms with van der Waals surface area (Å²) in [7, 11) is 1.52. The second kappa shape index (κ2) is 9.36. The lowest BCUT2D eigenvalue weighted by molar-refractivity contribution is -0.117. The van der Waals surface area contributed by atoms with Gasteiger partial charge >= 0.3 is 0 Å². The van der Waals surface area contributed by atoms with Gasteiger partial charge in [0.2, 0.25) is 11.8 Å². The van der Waals surface area contributed by atoms with Crippen molar-refractivity contribution in [3.8, 4) is 6.07 Å². The van der Waals surface area contributed by atoms with Crippen LogP contribution < -0.4 is 10.6 Å². The van der Waals surface area contributed by atoms with E-state index in [0.29, 0.717) is 22.0 Å². The van der Waals surface area contributed by atoms with E-state index in [1.54, 1.807) is 42.5 Å². The Morgan fingerprint density at radius 1 is 0.963 bits per heavy atom. The van der Waals surface area contributed by atoms with Crippen molar-refractivity contribution in [1.82, 2.24) is 4.90 Å². The largest absolute Gasteiger partial charge is 0.332 e. The maximum Gasteiger partial charge on any atom is 0.254 e. The zero-order chi connectivity index (χ0) is 19.8. The van der Waals surface area contributed by atoms with Crippen molar-refractivity contribution >= 4 is 40.7 Å². The highest BCUT2D eigenvalue weighted by molar-refractivity contribution is 6.30. The number of nitrogens with zero attached hydrogens (tertiary/aromatic N) is 2. The number of halogens is 1. The molecule has 138 valence electrons. The van der Waals surface area contributed by atoms with E-state index < -0.39 is 5.91 Å². The molecule has 0 radical (unpaired) electrons. The van der Waals surface area contributed by atoms with E-state index in [9.17, 15) is 14.4 Å². The van der Waals surface area contributed by atoms with E-state index in [1.165, 1.54) is 24.1 Å². The van der Waals surface area contributed by atoms with Crippen LogP contribution in [-0.4, -0.2) is 36.2 Å². The zero-order valence-corrected chi connectivity index (χ0v) is 15.3. The third-order valence-corrected chi connectivity index (χ3v) is 3.76. The Hall–Kier alpha value is -3.37. The Labute approximate surface area is 161 Å². The number of hydrogen-bond donors (Lipinski definition) is 2. The van der Waals surface area contributed by atoms with E-state index in [-0.39, 0.29) is 24.8 Å². The van der Waals surface area contributed by atoms with E-state index in [1.807, 2.05) is 0 Å². The fourth-order valence-electron chi connectivity index (χ4n) is 2.21. The Balaban J connectivity index is 1.92. The van der Waals surface area contributed by atoms with Crippen molar-refractivity contribution in [2.45, 2.75) is 6.42 Å². The molecule has 2 aromatic carbocycles. The summed E-state index contributed by atoms with van der Waals surface area (Å²) in [6.07, 6.45) is -0.244. The number of amides is 3. The number of likely N-dealkylation sites (N-methyl/N-ethyl adjacent to an activating group) is 1. The van der Waals surface area contributed by atoms with Gasteiger partial charge in [-0.3, -0.25) is 14.4 Å². The van der Waals surface area contributed by atoms with Gasteiger partial charge in [-0.25, -0.2) is 0 Å². The first kappa shape index (κ1) is 19.9. The molecule has 0 spiro atoms. The van der Waals surface area contributed by atoms with Crippen molar-refractivity contribution in [2.24, 2.45) is 0 Å². The molecule has 0 aliphatic carbocycles. The summed E-state index contributed by atoms with van der Waals surface area (Å²) in [4.78, 5) is 37.1. The molecule has 8 heteroatoms. The number of rotatable bonds is 6. The van der Waals surface area contributed by atoms with Gasteiger partial charge in [0.15, 0.2) is 0 Å². The summed E-state index contributed by atoms with van der Waals surface area (Å²) in [5.41, 5.74) is 1.44. The monoisotopic (exact) mass is 384 g/mol. The van der Waals surface area contributed by atoms with E-state index >= 15 is 0 Å². The number of carbonyl (C=O) groups is 3. The lowest BCUT2D eigenvalue weighted by Gasteiger charge is -2.17. The van der Waals surface area contributed by atoms with Crippen molar-refractivity contribution in [3.63, 3.8) is 0 Å². The maximum absolute atomic E-state index is 12.4. The minimum Gasteiger partial charge on any atom is -0.332 e. The molecule has 0 aliphatic rings. The normalized spacial score (nSPS) is 9.81. The van der Waals surface area contributed by atoms with Crippen LogP contribution in [0.4, 0.5) is 11.4 Å². The number of carbonyl (C=O) groups excluding carboxylic acids is 3. The number of nitriles is 1. The Morgan fingerprint density at radius 3 is 2.04 bits per heavy atom. The standard InChI is InChI=1S/C19H17ClN4O3/c1-24(12-18(26)23-16-8-4-14(20)5-9-16)19(27)13-2-6-15(7-3-13)22-17(25)10-11-21/h2-9H,10,12H2,1H3,(H,22,25)(H,23,26). The highest BCUT2D eigenvalue weighted by Gasteiger charge is 2.15. The average Bonchev–Trinajstić information content (AvgIpc) is 2.63. The van der Waals surface area contributed by atoms with Crippen LogP contribution in [0.15, 0.2) is 48.5 Å². The second-order valence-electron chi connectivity index (χ2n) is 5.68. The highest BCUT2D eigenvalue weighted by atomic mass is 35.5. The molecule has 2 N–H and O–H groups in total. The van der Waals surface area contributed by atoms with Gasteiger partial charge in [0.1, 0.15) is 6.42 Å². The number of benzene rings is 2. The van der Waals surface area contributed by atoms with Gasteiger partial charge < -0.3 is 15.5 Å². The number of hydrogen-bond acceptors (Lipinski definition) is 4. The fraction of sp³-hybridized carbons (Fsp3) is 0.158. The van der Waals surface area contributed by atoms with Crippen molar-refractivity contribution < 1.29 is 14.4 Å². The summed E-state index contributed by atoms with van der Waals surface area (Å²) in [6.45, 7) is -0.123. The van der Waals surface area contributed by atoms with Crippen LogP contribution in [0.5, 0.6) is 0 Å². The number of anilines is 2. The Bertz CT molecular complexity index is 873. The predicted octanol–water partition coefficient (Wildman–Crippen LogP) is 2.90. The quantitative estimate of drug-likeness (QED) is 0.799. The Kier molecular flexibility index (Phi) is 6.92. The summed E-state index contributed by atoms with van der Waals surface area (Å²) >= 11 is 5.79.